The van der Waals surface area contributed by atoms with Crippen molar-refractivity contribution in [3.05, 3.63) is 194 Å². The smallest absolute Gasteiger partial charge is 0.164 e. The summed E-state index contributed by atoms with van der Waals surface area (Å²) in [4.78, 5) is 73.5. The molecule has 18 heteroatoms. The quantitative estimate of drug-likeness (QED) is 0.104. The third-order valence-corrected chi connectivity index (χ3v) is 14.9. The summed E-state index contributed by atoms with van der Waals surface area (Å²) in [5.41, 5.74) is 12.9. The van der Waals surface area contributed by atoms with E-state index in [4.69, 9.17) is 59.8 Å². The van der Waals surface area contributed by atoms with Gasteiger partial charge in [-0.1, -0.05) is 194 Å². The zero-order valence-corrected chi connectivity index (χ0v) is 45.5. The molecule has 0 atom stereocenters. The van der Waals surface area contributed by atoms with Crippen LogP contribution in [0.2, 0.25) is 0 Å². The van der Waals surface area contributed by atoms with E-state index < -0.39 is 0 Å². The molecule has 0 fully saturated rings. The van der Waals surface area contributed by atoms with Gasteiger partial charge in [-0.25, -0.2) is 59.8 Å². The first-order valence-electron chi connectivity index (χ1n) is 26.0. The summed E-state index contributed by atoms with van der Waals surface area (Å²) in [6.45, 7) is 0. The second-order valence-corrected chi connectivity index (χ2v) is 19.6. The van der Waals surface area contributed by atoms with Crippen LogP contribution in [0.4, 0.5) is 0 Å². The normalized spacial score (nSPS) is 11.7. The van der Waals surface area contributed by atoms with Crippen LogP contribution in [0.3, 0.4) is 0 Å². The monoisotopic (exact) mass is 1120 g/mol. The van der Waals surface area contributed by atoms with Crippen LogP contribution in [0, 0.1) is 0 Å². The number of hydrogen-bond donors (Lipinski definition) is 4. The Labute approximate surface area is 480 Å². The van der Waals surface area contributed by atoms with Crippen LogP contribution in [0.25, 0.3) is 179 Å². The molecule has 382 valence electrons. The van der Waals surface area contributed by atoms with Gasteiger partial charge in [0.25, 0.3) is 0 Å². The number of rotatable bonds is 0. The topological polar surface area (TPSA) is 218 Å². The molecule has 0 spiro atoms. The molecule has 0 saturated heterocycles. The van der Waals surface area contributed by atoms with Gasteiger partial charge in [-0.2, -0.15) is 0 Å². The van der Waals surface area contributed by atoms with Crippen LogP contribution in [0.5, 0.6) is 0 Å². The third kappa shape index (κ3) is 7.68. The van der Waals surface area contributed by atoms with E-state index in [1.807, 2.05) is 194 Å². The molecule has 10 heterocycles. The van der Waals surface area contributed by atoms with E-state index in [2.05, 4.69) is 19.9 Å². The fourth-order valence-electron chi connectivity index (χ4n) is 11.2. The molecule has 18 rings (SSSR count). The number of nitrogens with zero attached hydrogens (tertiary/aromatic N) is 12. The molecule has 4 aliphatic rings. The maximum Gasteiger partial charge on any atom is 0.164 e. The Morgan fingerprint density at radius 3 is 0.427 bits per heavy atom. The standard InChI is InChI=1S/2C32H18N8.H4Si.Zn/c2*1-2-10-18-17(9-1)25-33-26(18)38-28-21-13-5-6-14-22(21)30(35-28)40-32-24-16-8-7-15-23(24)31(36-32)39-29-20-12-4-3-11-19(20)27(34-29)37-25;;/h2*1-16H,(H2,33,34,35,36,37,38,39,40);1H4;. The Morgan fingerprint density at radius 1 is 0.171 bits per heavy atom. The van der Waals surface area contributed by atoms with Gasteiger partial charge in [0.2, 0.25) is 0 Å². The Hall–Kier alpha value is -10.7. The molecule has 0 saturated carbocycles. The Balaban J connectivity index is 0.000000137. The molecule has 4 aliphatic heterocycles. The Kier molecular flexibility index (Phi) is 11.2. The summed E-state index contributed by atoms with van der Waals surface area (Å²) < 4.78 is 0. The number of aromatic nitrogens is 16. The average molecular weight is 1130 g/mol. The zero-order valence-electron chi connectivity index (χ0n) is 42.5. The minimum atomic E-state index is 0. The molecule has 16 nitrogen and oxygen atoms in total. The largest absolute Gasteiger partial charge is 0.324 e. The van der Waals surface area contributed by atoms with Gasteiger partial charge in [-0.15, -0.1) is 0 Å². The summed E-state index contributed by atoms with van der Waals surface area (Å²) in [6, 6.07) is 64.5. The number of H-pyrrole nitrogens is 4. The van der Waals surface area contributed by atoms with Crippen molar-refractivity contribution in [2.75, 3.05) is 0 Å². The average Bonchev–Trinajstić information content (AvgIpc) is 4.59. The van der Waals surface area contributed by atoms with Gasteiger partial charge in [0, 0.05) is 107 Å². The van der Waals surface area contributed by atoms with Gasteiger partial charge in [0.1, 0.15) is 45.2 Å². The molecule has 82 heavy (non-hydrogen) atoms. The van der Waals surface area contributed by atoms with Crippen molar-refractivity contribution < 1.29 is 19.5 Å². The first kappa shape index (κ1) is 48.4. The number of aromatic amines is 4. The fourth-order valence-corrected chi connectivity index (χ4v) is 11.2. The molecular weight excluding hydrogens is 1090 g/mol. The van der Waals surface area contributed by atoms with Crippen molar-refractivity contribution in [2.45, 2.75) is 0 Å². The minimum absolute atomic E-state index is 0. The maximum atomic E-state index is 5.02. The predicted molar refractivity (Wildman–Crippen MR) is 323 cm³/mol. The van der Waals surface area contributed by atoms with Crippen LogP contribution in [-0.4, -0.2) is 90.7 Å². The van der Waals surface area contributed by atoms with Crippen molar-refractivity contribution in [1.29, 1.82) is 0 Å². The van der Waals surface area contributed by atoms with Gasteiger partial charge in [-0.3, -0.25) is 0 Å². The van der Waals surface area contributed by atoms with Gasteiger partial charge in [-0.05, 0) is 11.0 Å². The van der Waals surface area contributed by atoms with Gasteiger partial charge in [0.05, 0.1) is 0 Å². The van der Waals surface area contributed by atoms with Crippen molar-refractivity contribution in [3.8, 4) is 91.1 Å². The second-order valence-electron chi connectivity index (χ2n) is 19.6. The molecule has 8 aromatic carbocycles. The van der Waals surface area contributed by atoms with Crippen LogP contribution in [0.15, 0.2) is 194 Å². The van der Waals surface area contributed by atoms with E-state index in [9.17, 15) is 0 Å². The van der Waals surface area contributed by atoms with Crippen LogP contribution in [-0.2, 0) is 19.5 Å². The number of benzene rings is 8. The van der Waals surface area contributed by atoms with E-state index in [0.717, 1.165) is 87.6 Å². The van der Waals surface area contributed by atoms with E-state index >= 15 is 0 Å². The van der Waals surface area contributed by atoms with E-state index in [0.29, 0.717) is 91.8 Å². The van der Waals surface area contributed by atoms with Crippen molar-refractivity contribution in [1.82, 2.24) is 79.7 Å². The molecular formula is C64H40N16SiZn. The van der Waals surface area contributed by atoms with Crippen LogP contribution in [0.1, 0.15) is 0 Å². The second kappa shape index (κ2) is 19.0. The SMILES string of the molecule is [SiH4].[Zn].c1ccc2c(c1)-c1nc-2nc2[nH]c(nc3nc(nc4[nH]c(n1)c1ccccc41)-c1ccccc1-3)c1ccccc21.c1ccc2c(c1)-c1nc-2nc2[nH]c(nc3nc(nc4[nH]c(n1)c1ccccc41)-c1ccccc1-3)c1ccccc21. The number of hydrogen-bond acceptors (Lipinski definition) is 12. The van der Waals surface area contributed by atoms with Crippen molar-refractivity contribution in [2.24, 2.45) is 0 Å². The molecule has 0 unspecified atom stereocenters. The third-order valence-electron chi connectivity index (χ3n) is 14.9. The number of nitrogens with one attached hydrogen (secondary N) is 4. The summed E-state index contributed by atoms with van der Waals surface area (Å²) >= 11 is 0. The maximum absolute atomic E-state index is 5.02. The van der Waals surface area contributed by atoms with Gasteiger partial charge in [0.15, 0.2) is 46.6 Å². The molecule has 0 radical (unpaired) electrons. The summed E-state index contributed by atoms with van der Waals surface area (Å²) in [7, 11) is 0. The van der Waals surface area contributed by atoms with Gasteiger partial charge < -0.3 is 19.9 Å². The Morgan fingerprint density at radius 2 is 0.293 bits per heavy atom. The summed E-state index contributed by atoms with van der Waals surface area (Å²) in [5, 5.41) is 7.64. The van der Waals surface area contributed by atoms with Crippen LogP contribution < -0.4 is 0 Å². The molecule has 6 aromatic heterocycles. The van der Waals surface area contributed by atoms with E-state index in [1.165, 1.54) is 0 Å². The van der Waals surface area contributed by atoms with Crippen molar-refractivity contribution in [3.63, 3.8) is 0 Å². The molecule has 4 N–H and O–H groups in total. The van der Waals surface area contributed by atoms with Crippen LogP contribution >= 0.6 is 0 Å². The Bertz CT molecular complexity index is 4400. The summed E-state index contributed by atoms with van der Waals surface area (Å²) in [5.74, 6) is 4.78. The predicted octanol–water partition coefficient (Wildman–Crippen LogP) is 12.3. The van der Waals surface area contributed by atoms with E-state index in [-0.39, 0.29) is 30.4 Å². The molecule has 16 bridgehead atoms. The number of fused-ring (bicyclic) bond motifs is 40. The van der Waals surface area contributed by atoms with Gasteiger partial charge >= 0.3 is 0 Å². The molecule has 14 aromatic rings. The molecule has 0 amide bonds. The van der Waals surface area contributed by atoms with Crippen molar-refractivity contribution >= 4 is 99.2 Å². The zero-order chi connectivity index (χ0) is 52.4. The minimum Gasteiger partial charge on any atom is -0.324 e. The van der Waals surface area contributed by atoms with E-state index in [1.54, 1.807) is 0 Å². The first-order valence-corrected chi connectivity index (χ1v) is 26.0. The first-order chi connectivity index (χ1) is 39.6. The molecule has 0 aliphatic carbocycles. The fraction of sp³-hybridized carbons (Fsp3) is 0. The summed E-state index contributed by atoms with van der Waals surface area (Å²) in [6.07, 6.45) is 0.